The van der Waals surface area contributed by atoms with Crippen molar-refractivity contribution < 1.29 is 19.3 Å². The SMILES string of the molecule is COc1cc(CN(C)CCN2CCOCC2)ccc1OCC(O)CN1CCCCCCC1. The molecule has 1 N–H and O–H groups in total. The number of nitrogens with zero attached hydrogens (tertiary/aromatic N) is 3. The molecule has 0 spiro atoms. The van der Waals surface area contributed by atoms with Crippen LogP contribution >= 0.6 is 0 Å². The Morgan fingerprint density at radius 2 is 1.72 bits per heavy atom. The maximum Gasteiger partial charge on any atom is 0.161 e. The normalized spacial score (nSPS) is 20.0. The maximum absolute atomic E-state index is 10.5. The Balaban J connectivity index is 1.43. The number of methoxy groups -OCH3 is 1. The number of likely N-dealkylation sites (tertiary alicyclic amines) is 1. The molecule has 2 heterocycles. The smallest absolute Gasteiger partial charge is 0.161 e. The van der Waals surface area contributed by atoms with E-state index in [2.05, 4.69) is 27.8 Å². The molecule has 2 saturated heterocycles. The summed E-state index contributed by atoms with van der Waals surface area (Å²) in [5, 5.41) is 10.5. The highest BCUT2D eigenvalue weighted by atomic mass is 16.5. The molecule has 7 heteroatoms. The van der Waals surface area contributed by atoms with Crippen LogP contribution < -0.4 is 9.47 Å². The van der Waals surface area contributed by atoms with Crippen molar-refractivity contribution in [2.45, 2.75) is 44.8 Å². The van der Waals surface area contributed by atoms with Gasteiger partial charge in [-0.1, -0.05) is 25.3 Å². The maximum atomic E-state index is 10.5. The molecule has 32 heavy (non-hydrogen) atoms. The number of hydrogen-bond donors (Lipinski definition) is 1. The third-order valence-corrected chi connectivity index (χ3v) is 6.43. The van der Waals surface area contributed by atoms with E-state index >= 15 is 0 Å². The van der Waals surface area contributed by atoms with E-state index in [1.54, 1.807) is 7.11 Å². The summed E-state index contributed by atoms with van der Waals surface area (Å²) >= 11 is 0. The predicted octanol–water partition coefficient (Wildman–Crippen LogP) is 2.46. The number of ether oxygens (including phenoxy) is 3. The summed E-state index contributed by atoms with van der Waals surface area (Å²) in [6.45, 7) is 9.79. The van der Waals surface area contributed by atoms with Crippen molar-refractivity contribution in [1.29, 1.82) is 0 Å². The Hall–Kier alpha value is -1.38. The quantitative estimate of drug-likeness (QED) is 0.557. The Morgan fingerprint density at radius 1 is 1.00 bits per heavy atom. The van der Waals surface area contributed by atoms with E-state index in [1.807, 2.05) is 12.1 Å². The van der Waals surface area contributed by atoms with E-state index in [4.69, 9.17) is 14.2 Å². The third kappa shape index (κ3) is 8.87. The molecule has 0 saturated carbocycles. The van der Waals surface area contributed by atoms with Crippen LogP contribution in [0.3, 0.4) is 0 Å². The van der Waals surface area contributed by atoms with Crippen LogP contribution in [-0.2, 0) is 11.3 Å². The van der Waals surface area contributed by atoms with Crippen molar-refractivity contribution in [3.63, 3.8) is 0 Å². The van der Waals surface area contributed by atoms with Gasteiger partial charge in [0.05, 0.1) is 20.3 Å². The van der Waals surface area contributed by atoms with Crippen molar-refractivity contribution in [2.24, 2.45) is 0 Å². The van der Waals surface area contributed by atoms with Crippen molar-refractivity contribution in [1.82, 2.24) is 14.7 Å². The summed E-state index contributed by atoms with van der Waals surface area (Å²) in [7, 11) is 3.82. The van der Waals surface area contributed by atoms with Gasteiger partial charge in [-0.3, -0.25) is 4.90 Å². The minimum atomic E-state index is -0.495. The number of likely N-dealkylation sites (N-methyl/N-ethyl adjacent to an activating group) is 1. The molecular weight excluding hydrogens is 406 g/mol. The molecule has 1 atom stereocenters. The van der Waals surface area contributed by atoms with Crippen LogP contribution in [0.2, 0.25) is 0 Å². The third-order valence-electron chi connectivity index (χ3n) is 6.43. The number of aliphatic hydroxyl groups excluding tert-OH is 1. The van der Waals surface area contributed by atoms with Gasteiger partial charge < -0.3 is 29.1 Å². The fourth-order valence-electron chi connectivity index (χ4n) is 4.49. The lowest BCUT2D eigenvalue weighted by Gasteiger charge is -2.28. The van der Waals surface area contributed by atoms with Gasteiger partial charge in [0.2, 0.25) is 0 Å². The zero-order valence-electron chi connectivity index (χ0n) is 20.1. The molecule has 2 aliphatic heterocycles. The molecule has 7 nitrogen and oxygen atoms in total. The van der Waals surface area contributed by atoms with E-state index in [1.165, 1.54) is 37.7 Å². The Labute approximate surface area is 194 Å². The summed E-state index contributed by atoms with van der Waals surface area (Å²) in [6.07, 6.45) is 5.90. The lowest BCUT2D eigenvalue weighted by molar-refractivity contribution is 0.0342. The molecule has 1 aromatic rings. The molecule has 2 aliphatic rings. The zero-order chi connectivity index (χ0) is 22.6. The number of benzene rings is 1. The Kier molecular flexibility index (Phi) is 11.1. The summed E-state index contributed by atoms with van der Waals surface area (Å²) in [4.78, 5) is 7.16. The average Bonchev–Trinajstić information content (AvgIpc) is 2.79. The lowest BCUT2D eigenvalue weighted by Crippen LogP contribution is -2.40. The minimum absolute atomic E-state index is 0.283. The largest absolute Gasteiger partial charge is 0.493 e. The number of β-amino-alcohol motifs (C(OH)–C–C–N with tert-alkyl or cyclic N) is 1. The molecule has 0 amide bonds. The first-order chi connectivity index (χ1) is 15.6. The summed E-state index contributed by atoms with van der Waals surface area (Å²) in [6, 6.07) is 6.10. The average molecular weight is 450 g/mol. The van der Waals surface area contributed by atoms with E-state index in [0.717, 1.165) is 64.8 Å². The van der Waals surface area contributed by atoms with E-state index in [9.17, 15) is 5.11 Å². The van der Waals surface area contributed by atoms with E-state index in [0.29, 0.717) is 12.3 Å². The predicted molar refractivity (Wildman–Crippen MR) is 128 cm³/mol. The van der Waals surface area contributed by atoms with Gasteiger partial charge in [-0.05, 0) is 50.7 Å². The second-order valence-electron chi connectivity index (χ2n) is 9.21. The molecule has 1 aromatic carbocycles. The Morgan fingerprint density at radius 3 is 2.44 bits per heavy atom. The molecule has 182 valence electrons. The monoisotopic (exact) mass is 449 g/mol. The van der Waals surface area contributed by atoms with Crippen LogP contribution in [0.5, 0.6) is 11.5 Å². The highest BCUT2D eigenvalue weighted by Gasteiger charge is 2.16. The molecule has 3 rings (SSSR count). The first kappa shape index (κ1) is 25.2. The van der Waals surface area contributed by atoms with Crippen LogP contribution in [0, 0.1) is 0 Å². The van der Waals surface area contributed by atoms with Crippen molar-refractivity contribution >= 4 is 0 Å². The first-order valence-corrected chi connectivity index (χ1v) is 12.3. The summed E-state index contributed by atoms with van der Waals surface area (Å²) < 4.78 is 16.9. The van der Waals surface area contributed by atoms with Gasteiger partial charge in [-0.25, -0.2) is 0 Å². The highest BCUT2D eigenvalue weighted by molar-refractivity contribution is 5.43. The zero-order valence-corrected chi connectivity index (χ0v) is 20.1. The molecule has 0 bridgehead atoms. The molecule has 0 aromatic heterocycles. The molecule has 1 unspecified atom stereocenters. The van der Waals surface area contributed by atoms with Gasteiger partial charge in [-0.15, -0.1) is 0 Å². The number of aliphatic hydroxyl groups is 1. The topological polar surface area (TPSA) is 57.6 Å². The van der Waals surface area contributed by atoms with Gasteiger partial charge in [0, 0.05) is 39.3 Å². The Bertz CT molecular complexity index is 646. The van der Waals surface area contributed by atoms with E-state index in [-0.39, 0.29) is 6.61 Å². The number of morpholine rings is 1. The van der Waals surface area contributed by atoms with Gasteiger partial charge in [0.25, 0.3) is 0 Å². The molecule has 0 aliphatic carbocycles. The second-order valence-corrected chi connectivity index (χ2v) is 9.21. The lowest BCUT2D eigenvalue weighted by atomic mass is 10.1. The minimum Gasteiger partial charge on any atom is -0.493 e. The van der Waals surface area contributed by atoms with Crippen LogP contribution in [0.1, 0.15) is 37.7 Å². The standard InChI is InChI=1S/C25H43N3O4/c1-26(12-13-27-14-16-31-17-15-27)19-22-8-9-24(25(18-22)30-2)32-21-23(29)20-28-10-6-4-3-5-7-11-28/h8-9,18,23,29H,3-7,10-17,19-21H2,1-2H3. The highest BCUT2D eigenvalue weighted by Crippen LogP contribution is 2.28. The second kappa shape index (κ2) is 14.0. The van der Waals surface area contributed by atoms with Crippen molar-refractivity contribution in [3.8, 4) is 11.5 Å². The molecule has 2 fully saturated rings. The fourth-order valence-corrected chi connectivity index (χ4v) is 4.49. The van der Waals surface area contributed by atoms with Gasteiger partial charge in [-0.2, -0.15) is 0 Å². The van der Waals surface area contributed by atoms with E-state index < -0.39 is 6.10 Å². The molecular formula is C25H43N3O4. The van der Waals surface area contributed by atoms with Crippen LogP contribution in [0.4, 0.5) is 0 Å². The van der Waals surface area contributed by atoms with Crippen molar-refractivity contribution in [2.75, 3.05) is 79.8 Å². The fraction of sp³-hybridized carbons (Fsp3) is 0.760. The van der Waals surface area contributed by atoms with Crippen LogP contribution in [0.15, 0.2) is 18.2 Å². The van der Waals surface area contributed by atoms with Gasteiger partial charge in [0.1, 0.15) is 12.7 Å². The summed E-state index contributed by atoms with van der Waals surface area (Å²) in [5.41, 5.74) is 1.19. The van der Waals surface area contributed by atoms with Gasteiger partial charge in [0.15, 0.2) is 11.5 Å². The van der Waals surface area contributed by atoms with Crippen LogP contribution in [0.25, 0.3) is 0 Å². The van der Waals surface area contributed by atoms with Crippen molar-refractivity contribution in [3.05, 3.63) is 23.8 Å². The summed E-state index contributed by atoms with van der Waals surface area (Å²) in [5.74, 6) is 1.42. The van der Waals surface area contributed by atoms with Gasteiger partial charge >= 0.3 is 0 Å². The van der Waals surface area contributed by atoms with Crippen LogP contribution in [-0.4, -0.2) is 106 Å². The first-order valence-electron chi connectivity index (χ1n) is 12.3. The molecule has 0 radical (unpaired) electrons. The number of hydrogen-bond acceptors (Lipinski definition) is 7. The number of rotatable bonds is 11.